The molecule has 0 radical (unpaired) electrons. The van der Waals surface area contributed by atoms with E-state index >= 15 is 0 Å². The molecule has 3 nitrogen and oxygen atoms in total. The van der Waals surface area contributed by atoms with E-state index in [2.05, 4.69) is 5.32 Å². The molecule has 1 rings (SSSR count). The highest BCUT2D eigenvalue weighted by molar-refractivity contribution is 5.76. The zero-order chi connectivity index (χ0) is 10.4. The maximum atomic E-state index is 11.0. The van der Waals surface area contributed by atoms with Gasteiger partial charge in [-0.2, -0.15) is 0 Å². The van der Waals surface area contributed by atoms with Crippen LogP contribution in [0.5, 0.6) is 0 Å². The van der Waals surface area contributed by atoms with Crippen LogP contribution in [0.4, 0.5) is 0 Å². The number of amides is 1. The van der Waals surface area contributed by atoms with Gasteiger partial charge in [-0.25, -0.2) is 0 Å². The normalized spacial score (nSPS) is 9.50. The minimum atomic E-state index is 0.0153. The molecule has 0 aliphatic rings. The van der Waals surface area contributed by atoms with Crippen LogP contribution in [0.1, 0.15) is 29.3 Å². The van der Waals surface area contributed by atoms with Gasteiger partial charge < -0.3 is 5.32 Å². The first kappa shape index (κ1) is 10.4. The molecule has 0 aliphatic heterocycles. The molecule has 1 amide bonds. The summed E-state index contributed by atoms with van der Waals surface area (Å²) in [5, 5.41) is 2.75. The number of carbonyl (C=O) groups is 2. The lowest BCUT2D eigenvalue weighted by molar-refractivity contribution is -0.120. The summed E-state index contributed by atoms with van der Waals surface area (Å²) in [5.74, 6) is 0.0153. The zero-order valence-electron chi connectivity index (χ0n) is 8.12. The van der Waals surface area contributed by atoms with Crippen molar-refractivity contribution < 1.29 is 9.59 Å². The molecule has 0 spiro atoms. The molecule has 0 saturated carbocycles. The Bertz CT molecular complexity index is 334. The SMILES string of the molecule is CCC(=O)NCc1cccc(C=O)c1. The highest BCUT2D eigenvalue weighted by atomic mass is 16.1. The first-order valence-corrected chi connectivity index (χ1v) is 4.57. The first-order valence-electron chi connectivity index (χ1n) is 4.57. The third-order valence-electron chi connectivity index (χ3n) is 1.90. The van der Waals surface area contributed by atoms with Crippen LogP contribution in [0, 0.1) is 0 Å². The number of nitrogens with one attached hydrogen (secondary N) is 1. The third kappa shape index (κ3) is 3.01. The van der Waals surface area contributed by atoms with E-state index < -0.39 is 0 Å². The molecule has 1 aromatic carbocycles. The molecule has 0 saturated heterocycles. The van der Waals surface area contributed by atoms with Crippen LogP contribution in [-0.2, 0) is 11.3 Å². The summed E-state index contributed by atoms with van der Waals surface area (Å²) in [6.07, 6.45) is 1.28. The molecule has 0 atom stereocenters. The van der Waals surface area contributed by atoms with Crippen molar-refractivity contribution in [3.8, 4) is 0 Å². The molecule has 0 bridgehead atoms. The number of benzene rings is 1. The number of hydrogen-bond donors (Lipinski definition) is 1. The monoisotopic (exact) mass is 191 g/mol. The van der Waals surface area contributed by atoms with Gasteiger partial charge in [0.25, 0.3) is 0 Å². The molecule has 3 heteroatoms. The van der Waals surface area contributed by atoms with Crippen molar-refractivity contribution in [2.45, 2.75) is 19.9 Å². The number of carbonyl (C=O) groups excluding carboxylic acids is 2. The summed E-state index contributed by atoms with van der Waals surface area (Å²) in [7, 11) is 0. The first-order chi connectivity index (χ1) is 6.76. The highest BCUT2D eigenvalue weighted by Crippen LogP contribution is 2.02. The Labute approximate surface area is 83.1 Å². The molecule has 0 aromatic heterocycles. The molecule has 0 fully saturated rings. The quantitative estimate of drug-likeness (QED) is 0.733. The van der Waals surface area contributed by atoms with Crippen molar-refractivity contribution in [3.05, 3.63) is 35.4 Å². The van der Waals surface area contributed by atoms with Gasteiger partial charge in [0.1, 0.15) is 6.29 Å². The third-order valence-corrected chi connectivity index (χ3v) is 1.90. The van der Waals surface area contributed by atoms with E-state index in [4.69, 9.17) is 0 Å². The summed E-state index contributed by atoms with van der Waals surface area (Å²) in [5.41, 5.74) is 1.57. The number of hydrogen-bond acceptors (Lipinski definition) is 2. The Kier molecular flexibility index (Phi) is 3.85. The van der Waals surface area contributed by atoms with E-state index in [-0.39, 0.29) is 5.91 Å². The summed E-state index contributed by atoms with van der Waals surface area (Å²) >= 11 is 0. The fourth-order valence-electron chi connectivity index (χ4n) is 1.10. The zero-order valence-corrected chi connectivity index (χ0v) is 8.12. The van der Waals surface area contributed by atoms with Crippen LogP contribution in [-0.4, -0.2) is 12.2 Å². The molecule has 1 aromatic rings. The number of aldehydes is 1. The van der Waals surface area contributed by atoms with Gasteiger partial charge in [0.05, 0.1) is 0 Å². The predicted molar refractivity (Wildman–Crippen MR) is 54.0 cm³/mol. The van der Waals surface area contributed by atoms with Crippen molar-refractivity contribution in [1.82, 2.24) is 5.32 Å². The van der Waals surface area contributed by atoms with Gasteiger partial charge in [-0.05, 0) is 11.6 Å². The van der Waals surface area contributed by atoms with Crippen molar-refractivity contribution in [2.75, 3.05) is 0 Å². The van der Waals surface area contributed by atoms with Crippen molar-refractivity contribution in [3.63, 3.8) is 0 Å². The lowest BCUT2D eigenvalue weighted by atomic mass is 10.1. The second-order valence-corrected chi connectivity index (χ2v) is 2.99. The van der Waals surface area contributed by atoms with E-state index in [1.54, 1.807) is 25.1 Å². The van der Waals surface area contributed by atoms with Gasteiger partial charge in [0.15, 0.2) is 0 Å². The fraction of sp³-hybridized carbons (Fsp3) is 0.273. The standard InChI is InChI=1S/C11H13NO2/c1-2-11(14)12-7-9-4-3-5-10(6-9)8-13/h3-6,8H,2,7H2,1H3,(H,12,14). The fourth-order valence-corrected chi connectivity index (χ4v) is 1.10. The number of rotatable bonds is 4. The molecule has 1 N–H and O–H groups in total. The summed E-state index contributed by atoms with van der Waals surface area (Å²) in [6.45, 7) is 2.28. The Morgan fingerprint density at radius 3 is 2.93 bits per heavy atom. The molecule has 0 unspecified atom stereocenters. The van der Waals surface area contributed by atoms with E-state index in [1.807, 2.05) is 6.07 Å². The topological polar surface area (TPSA) is 46.2 Å². The molecular weight excluding hydrogens is 178 g/mol. The van der Waals surface area contributed by atoms with Crippen LogP contribution in [0.15, 0.2) is 24.3 Å². The summed E-state index contributed by atoms with van der Waals surface area (Å²) in [6, 6.07) is 7.18. The van der Waals surface area contributed by atoms with Crippen molar-refractivity contribution in [1.29, 1.82) is 0 Å². The predicted octanol–water partition coefficient (Wildman–Crippen LogP) is 1.53. The van der Waals surface area contributed by atoms with Crippen LogP contribution in [0.2, 0.25) is 0 Å². The second kappa shape index (κ2) is 5.17. The van der Waals surface area contributed by atoms with Crippen molar-refractivity contribution in [2.24, 2.45) is 0 Å². The Morgan fingerprint density at radius 1 is 1.50 bits per heavy atom. The minimum absolute atomic E-state index is 0.0153. The van der Waals surface area contributed by atoms with Gasteiger partial charge in [-0.15, -0.1) is 0 Å². The Morgan fingerprint density at radius 2 is 2.29 bits per heavy atom. The van der Waals surface area contributed by atoms with Crippen LogP contribution < -0.4 is 5.32 Å². The maximum Gasteiger partial charge on any atom is 0.219 e. The Balaban J connectivity index is 2.58. The van der Waals surface area contributed by atoms with Crippen LogP contribution >= 0.6 is 0 Å². The van der Waals surface area contributed by atoms with Gasteiger partial charge in [-0.3, -0.25) is 9.59 Å². The van der Waals surface area contributed by atoms with Gasteiger partial charge in [-0.1, -0.05) is 25.1 Å². The van der Waals surface area contributed by atoms with Gasteiger partial charge in [0, 0.05) is 18.5 Å². The summed E-state index contributed by atoms with van der Waals surface area (Å²) < 4.78 is 0. The smallest absolute Gasteiger partial charge is 0.219 e. The largest absolute Gasteiger partial charge is 0.352 e. The van der Waals surface area contributed by atoms with Crippen LogP contribution in [0.25, 0.3) is 0 Å². The average Bonchev–Trinajstić information content (AvgIpc) is 2.26. The van der Waals surface area contributed by atoms with Gasteiger partial charge in [0.2, 0.25) is 5.91 Å². The molecule has 0 aliphatic carbocycles. The minimum Gasteiger partial charge on any atom is -0.352 e. The second-order valence-electron chi connectivity index (χ2n) is 2.99. The van der Waals surface area contributed by atoms with Crippen LogP contribution in [0.3, 0.4) is 0 Å². The van der Waals surface area contributed by atoms with E-state index in [1.165, 1.54) is 0 Å². The molecule has 0 heterocycles. The van der Waals surface area contributed by atoms with Gasteiger partial charge >= 0.3 is 0 Å². The summed E-state index contributed by atoms with van der Waals surface area (Å²) in [4.78, 5) is 21.4. The lowest BCUT2D eigenvalue weighted by Crippen LogP contribution is -2.21. The maximum absolute atomic E-state index is 11.0. The average molecular weight is 191 g/mol. The van der Waals surface area contributed by atoms with E-state index in [9.17, 15) is 9.59 Å². The lowest BCUT2D eigenvalue weighted by Gasteiger charge is -2.03. The molecular formula is C11H13NO2. The molecule has 14 heavy (non-hydrogen) atoms. The molecule has 74 valence electrons. The Hall–Kier alpha value is -1.64. The van der Waals surface area contributed by atoms with Crippen molar-refractivity contribution >= 4 is 12.2 Å². The van der Waals surface area contributed by atoms with E-state index in [0.717, 1.165) is 11.8 Å². The highest BCUT2D eigenvalue weighted by Gasteiger charge is 1.98. The van der Waals surface area contributed by atoms with E-state index in [0.29, 0.717) is 18.5 Å².